The van der Waals surface area contributed by atoms with Crippen LogP contribution >= 0.6 is 0 Å². The summed E-state index contributed by atoms with van der Waals surface area (Å²) in [6.45, 7) is 0. The zero-order chi connectivity index (χ0) is 13.3. The van der Waals surface area contributed by atoms with Gasteiger partial charge >= 0.3 is 6.18 Å². The highest BCUT2D eigenvalue weighted by Crippen LogP contribution is 2.33. The van der Waals surface area contributed by atoms with Crippen molar-refractivity contribution < 1.29 is 17.9 Å². The third kappa shape index (κ3) is 2.39. The fourth-order valence-corrected chi connectivity index (χ4v) is 1.44. The number of nitrogen functional groups attached to an aromatic ring is 1. The smallest absolute Gasteiger partial charge is 0.433 e. The molecule has 0 fully saturated rings. The van der Waals surface area contributed by atoms with E-state index in [1.165, 1.54) is 7.05 Å². The minimum atomic E-state index is -4.47. The maximum atomic E-state index is 12.5. The van der Waals surface area contributed by atoms with E-state index in [2.05, 4.69) is 5.10 Å². The highest BCUT2D eigenvalue weighted by molar-refractivity contribution is 5.53. The molecule has 2 rings (SSSR count). The van der Waals surface area contributed by atoms with Crippen molar-refractivity contribution in [2.24, 2.45) is 7.05 Å². The zero-order valence-corrected chi connectivity index (χ0v) is 9.40. The van der Waals surface area contributed by atoms with Crippen molar-refractivity contribution in [2.75, 3.05) is 5.73 Å². The molecule has 0 bridgehead atoms. The van der Waals surface area contributed by atoms with Crippen molar-refractivity contribution in [2.45, 2.75) is 6.18 Å². The van der Waals surface area contributed by atoms with Crippen LogP contribution in [-0.4, -0.2) is 9.78 Å². The number of para-hydroxylation sites is 2. The molecule has 0 radical (unpaired) electrons. The predicted molar refractivity (Wildman–Crippen MR) is 59.1 cm³/mol. The van der Waals surface area contributed by atoms with Gasteiger partial charge in [-0.25, -0.2) is 0 Å². The first-order chi connectivity index (χ1) is 8.38. The minimum Gasteiger partial charge on any atom is -0.435 e. The Morgan fingerprint density at radius 3 is 2.50 bits per heavy atom. The molecule has 7 heteroatoms. The van der Waals surface area contributed by atoms with Crippen LogP contribution in [0.4, 0.5) is 18.9 Å². The van der Waals surface area contributed by atoms with E-state index in [9.17, 15) is 13.2 Å². The van der Waals surface area contributed by atoms with Gasteiger partial charge in [0.1, 0.15) is 5.69 Å². The number of ether oxygens (including phenoxy) is 1. The number of rotatable bonds is 2. The molecule has 1 aromatic carbocycles. The van der Waals surface area contributed by atoms with Crippen LogP contribution in [0, 0.1) is 0 Å². The Bertz CT molecular complexity index is 563. The summed E-state index contributed by atoms with van der Waals surface area (Å²) in [7, 11) is 1.20. The number of hydrogen-bond acceptors (Lipinski definition) is 3. The van der Waals surface area contributed by atoms with Gasteiger partial charge in [-0.15, -0.1) is 5.10 Å². The van der Waals surface area contributed by atoms with Gasteiger partial charge in [-0.3, -0.25) is 4.68 Å². The molecular formula is C11H10F3N3O. The van der Waals surface area contributed by atoms with Gasteiger partial charge in [0.15, 0.2) is 5.75 Å². The monoisotopic (exact) mass is 257 g/mol. The van der Waals surface area contributed by atoms with Crippen molar-refractivity contribution in [1.29, 1.82) is 0 Å². The van der Waals surface area contributed by atoms with Gasteiger partial charge in [0.25, 0.3) is 0 Å². The van der Waals surface area contributed by atoms with Crippen LogP contribution in [-0.2, 0) is 13.2 Å². The quantitative estimate of drug-likeness (QED) is 0.841. The number of benzene rings is 1. The lowest BCUT2D eigenvalue weighted by Gasteiger charge is -2.04. The Morgan fingerprint density at radius 1 is 1.28 bits per heavy atom. The zero-order valence-electron chi connectivity index (χ0n) is 9.40. The van der Waals surface area contributed by atoms with Crippen molar-refractivity contribution in [3.63, 3.8) is 0 Å². The molecule has 96 valence electrons. The lowest BCUT2D eigenvalue weighted by molar-refractivity contribution is -0.143. The molecule has 4 nitrogen and oxygen atoms in total. The molecular weight excluding hydrogens is 247 g/mol. The topological polar surface area (TPSA) is 53.1 Å². The third-order valence-electron chi connectivity index (χ3n) is 2.28. The van der Waals surface area contributed by atoms with Crippen LogP contribution in [0.15, 0.2) is 30.3 Å². The molecule has 0 unspecified atom stereocenters. The van der Waals surface area contributed by atoms with Crippen molar-refractivity contribution in [3.05, 3.63) is 36.0 Å². The standard InChI is InChI=1S/C11H10F3N3O/c1-17-9(11(12,13)14)6-10(16-17)18-8-5-3-2-4-7(8)15/h2-6H,15H2,1H3. The maximum Gasteiger partial charge on any atom is 0.433 e. The van der Waals surface area contributed by atoms with Crippen molar-refractivity contribution >= 4 is 5.69 Å². The van der Waals surface area contributed by atoms with E-state index in [1.54, 1.807) is 24.3 Å². The Morgan fingerprint density at radius 2 is 1.94 bits per heavy atom. The van der Waals surface area contributed by atoms with Gasteiger partial charge < -0.3 is 10.5 Å². The van der Waals surface area contributed by atoms with Gasteiger partial charge in [-0.2, -0.15) is 13.2 Å². The number of hydrogen-bond donors (Lipinski definition) is 1. The van der Waals surface area contributed by atoms with Crippen LogP contribution in [0.5, 0.6) is 11.6 Å². The Labute approximate surface area is 101 Å². The summed E-state index contributed by atoms with van der Waals surface area (Å²) in [6.07, 6.45) is -4.47. The fraction of sp³-hybridized carbons (Fsp3) is 0.182. The van der Waals surface area contributed by atoms with Crippen LogP contribution in [0.3, 0.4) is 0 Å². The SMILES string of the molecule is Cn1nc(Oc2ccccc2N)cc1C(F)(F)F. The van der Waals surface area contributed by atoms with Crippen molar-refractivity contribution in [1.82, 2.24) is 9.78 Å². The van der Waals surface area contributed by atoms with Gasteiger partial charge in [0.2, 0.25) is 5.88 Å². The first kappa shape index (κ1) is 12.3. The van der Waals surface area contributed by atoms with Crippen LogP contribution in [0.2, 0.25) is 0 Å². The first-order valence-electron chi connectivity index (χ1n) is 5.01. The summed E-state index contributed by atoms with van der Waals surface area (Å²) in [5, 5.41) is 3.63. The predicted octanol–water partition coefficient (Wildman–Crippen LogP) is 2.81. The molecule has 18 heavy (non-hydrogen) atoms. The summed E-state index contributed by atoms with van der Waals surface area (Å²) in [5.41, 5.74) is 5.07. The molecule has 0 aliphatic rings. The average molecular weight is 257 g/mol. The Kier molecular flexibility index (Phi) is 2.90. The molecule has 2 N–H and O–H groups in total. The van der Waals surface area contributed by atoms with E-state index in [0.717, 1.165) is 6.07 Å². The number of halogens is 3. The molecule has 0 aliphatic heterocycles. The van der Waals surface area contributed by atoms with Crippen LogP contribution in [0.25, 0.3) is 0 Å². The van der Waals surface area contributed by atoms with E-state index in [4.69, 9.17) is 10.5 Å². The second kappa shape index (κ2) is 4.25. The van der Waals surface area contributed by atoms with E-state index < -0.39 is 11.9 Å². The normalized spacial score (nSPS) is 11.6. The fourth-order valence-electron chi connectivity index (χ4n) is 1.44. The number of nitrogens with zero attached hydrogens (tertiary/aromatic N) is 2. The third-order valence-corrected chi connectivity index (χ3v) is 2.28. The second-order valence-electron chi connectivity index (χ2n) is 3.63. The number of aryl methyl sites for hydroxylation is 1. The van der Waals surface area contributed by atoms with Gasteiger partial charge in [0.05, 0.1) is 5.69 Å². The molecule has 0 saturated carbocycles. The second-order valence-corrected chi connectivity index (χ2v) is 3.63. The lowest BCUT2D eigenvalue weighted by Crippen LogP contribution is -2.11. The van der Waals surface area contributed by atoms with Gasteiger partial charge in [-0.1, -0.05) is 12.1 Å². The number of alkyl halides is 3. The summed E-state index contributed by atoms with van der Waals surface area (Å²) >= 11 is 0. The minimum absolute atomic E-state index is 0.150. The van der Waals surface area contributed by atoms with Crippen molar-refractivity contribution in [3.8, 4) is 11.6 Å². The van der Waals surface area contributed by atoms with E-state index in [-0.39, 0.29) is 11.6 Å². The highest BCUT2D eigenvalue weighted by atomic mass is 19.4. The lowest BCUT2D eigenvalue weighted by atomic mass is 10.3. The number of nitrogens with two attached hydrogens (primary N) is 1. The van der Waals surface area contributed by atoms with Crippen LogP contribution < -0.4 is 10.5 Å². The molecule has 0 spiro atoms. The molecule has 0 saturated heterocycles. The van der Waals surface area contributed by atoms with Crippen LogP contribution in [0.1, 0.15) is 5.69 Å². The van der Waals surface area contributed by atoms with Gasteiger partial charge in [0, 0.05) is 13.1 Å². The van der Waals surface area contributed by atoms with E-state index in [0.29, 0.717) is 10.4 Å². The van der Waals surface area contributed by atoms with Gasteiger partial charge in [-0.05, 0) is 12.1 Å². The molecule has 0 amide bonds. The maximum absolute atomic E-state index is 12.5. The summed E-state index contributed by atoms with van der Waals surface area (Å²) in [6, 6.07) is 7.33. The molecule has 1 heterocycles. The number of anilines is 1. The Balaban J connectivity index is 2.29. The van der Waals surface area contributed by atoms with E-state index >= 15 is 0 Å². The summed E-state index contributed by atoms with van der Waals surface area (Å²) < 4.78 is 43.5. The largest absolute Gasteiger partial charge is 0.435 e. The molecule has 0 aliphatic carbocycles. The number of aromatic nitrogens is 2. The summed E-state index contributed by atoms with van der Waals surface area (Å²) in [5.74, 6) is 0.118. The summed E-state index contributed by atoms with van der Waals surface area (Å²) in [4.78, 5) is 0. The molecule has 2 aromatic rings. The molecule has 0 atom stereocenters. The first-order valence-corrected chi connectivity index (χ1v) is 5.01. The highest BCUT2D eigenvalue weighted by Gasteiger charge is 2.35. The molecule has 1 aromatic heterocycles. The average Bonchev–Trinajstić information content (AvgIpc) is 2.63. The Hall–Kier alpha value is -2.18. The van der Waals surface area contributed by atoms with E-state index in [1.807, 2.05) is 0 Å².